The highest BCUT2D eigenvalue weighted by Gasteiger charge is 2.40. The molecule has 0 aromatic rings. The number of aliphatic hydroxyl groups is 2. The van der Waals surface area contributed by atoms with Crippen LogP contribution in [0.1, 0.15) is 20.8 Å². The van der Waals surface area contributed by atoms with E-state index in [1.807, 2.05) is 0 Å². The van der Waals surface area contributed by atoms with Crippen LogP contribution in [0.15, 0.2) is 0 Å². The Bertz CT molecular complexity index is 229. The zero-order valence-corrected chi connectivity index (χ0v) is 12.3. The molecule has 0 amide bonds. The quantitative estimate of drug-likeness (QED) is 0.598. The van der Waals surface area contributed by atoms with Crippen LogP contribution in [0.5, 0.6) is 0 Å². The van der Waals surface area contributed by atoms with E-state index in [2.05, 4.69) is 33.9 Å². The topological polar surface area (TPSA) is 49.7 Å². The maximum Gasteiger partial charge on any atom is 0.198 e. The van der Waals surface area contributed by atoms with Crippen LogP contribution in [0.2, 0.25) is 18.1 Å². The molecule has 0 fully saturated rings. The van der Waals surface area contributed by atoms with Crippen molar-refractivity contribution in [3.63, 3.8) is 0 Å². The molecule has 0 heterocycles. The summed E-state index contributed by atoms with van der Waals surface area (Å²) in [4.78, 5) is 0. The van der Waals surface area contributed by atoms with Gasteiger partial charge < -0.3 is 14.4 Å². The lowest BCUT2D eigenvalue weighted by Crippen LogP contribution is -2.40. The molecule has 0 radical (unpaired) electrons. The second-order valence-electron chi connectivity index (χ2n) is 4.95. The molecule has 14 heavy (non-hydrogen) atoms. The molecule has 0 saturated heterocycles. The van der Waals surface area contributed by atoms with Crippen LogP contribution in [0, 0.1) is 0 Å². The summed E-state index contributed by atoms with van der Waals surface area (Å²) in [6.45, 7) is 10.5. The van der Waals surface area contributed by atoms with Crippen molar-refractivity contribution < 1.29 is 14.4 Å². The fourth-order valence-corrected chi connectivity index (χ4v) is 7.31. The van der Waals surface area contributed by atoms with Gasteiger partial charge in [0.25, 0.3) is 0 Å². The molecule has 0 aliphatic carbocycles. The molecule has 3 nitrogen and oxygen atoms in total. The number of aliphatic hydroxyl groups excluding tert-OH is 2. The van der Waals surface area contributed by atoms with Gasteiger partial charge in [-0.3, -0.25) is 0 Å². The lowest BCUT2D eigenvalue weighted by Gasteiger charge is -2.39. The Morgan fingerprint density at radius 3 is 1.79 bits per heavy atom. The van der Waals surface area contributed by atoms with Crippen LogP contribution in [0.4, 0.5) is 0 Å². The first-order chi connectivity index (χ1) is 6.08. The number of hydrogen-bond donors (Lipinski definition) is 2. The minimum absolute atomic E-state index is 0.0569. The van der Waals surface area contributed by atoms with E-state index in [9.17, 15) is 0 Å². The Morgan fingerprint density at radius 2 is 1.57 bits per heavy atom. The lowest BCUT2D eigenvalue weighted by molar-refractivity contribution is 0.320. The molecule has 0 aliphatic heterocycles. The van der Waals surface area contributed by atoms with E-state index in [0.29, 0.717) is 0 Å². The molecule has 6 heteroatoms. The van der Waals surface area contributed by atoms with Crippen LogP contribution < -0.4 is 0 Å². The molecule has 2 N–H and O–H groups in total. The van der Waals surface area contributed by atoms with Crippen molar-refractivity contribution in [1.29, 1.82) is 0 Å². The second kappa shape index (κ2) is 4.72. The van der Waals surface area contributed by atoms with Gasteiger partial charge in [0.1, 0.15) is 6.26 Å². The molecule has 0 aromatic heterocycles. The minimum Gasteiger partial charge on any atom is -0.389 e. The summed E-state index contributed by atoms with van der Waals surface area (Å²) in [6.07, 6.45) is -2.83. The van der Waals surface area contributed by atoms with Gasteiger partial charge in [0.2, 0.25) is 0 Å². The summed E-state index contributed by atoms with van der Waals surface area (Å²) in [6, 6.07) is 0. The molecular formula is C8H21O3PSSi. The van der Waals surface area contributed by atoms with Crippen LogP contribution in [-0.4, -0.2) is 31.2 Å². The summed E-state index contributed by atoms with van der Waals surface area (Å²) in [7, 11) is -1.96. The first-order valence-corrected chi connectivity index (χ1v) is 10.6. The summed E-state index contributed by atoms with van der Waals surface area (Å²) in [5.41, 5.74) is 0. The van der Waals surface area contributed by atoms with E-state index < -0.39 is 14.6 Å². The maximum atomic E-state index is 9.10. The average molecular weight is 256 g/mol. The van der Waals surface area contributed by atoms with Gasteiger partial charge in [0.15, 0.2) is 8.32 Å². The summed E-state index contributed by atoms with van der Waals surface area (Å²) < 4.78 is 5.85. The molecule has 0 unspecified atom stereocenters. The fraction of sp³-hybridized carbons (Fsp3) is 1.00. The third-order valence-corrected chi connectivity index (χ3v) is 11.6. The maximum absolute atomic E-state index is 9.10. The molecular weight excluding hydrogens is 235 g/mol. The SMILES string of the molecule is CC(C)(C)[Si](C)(C)OP(=S)(CO)CO. The summed E-state index contributed by atoms with van der Waals surface area (Å²) >= 11 is 5.14. The van der Waals surface area contributed by atoms with Gasteiger partial charge in [0.05, 0.1) is 12.7 Å². The average Bonchev–Trinajstić information content (AvgIpc) is 2.01. The van der Waals surface area contributed by atoms with Crippen molar-refractivity contribution in [2.24, 2.45) is 0 Å². The highest BCUT2D eigenvalue weighted by molar-refractivity contribution is 8.12. The highest BCUT2D eigenvalue weighted by atomic mass is 32.4. The lowest BCUT2D eigenvalue weighted by atomic mass is 10.2. The summed E-state index contributed by atoms with van der Waals surface area (Å²) in [5, 5.41) is 18.3. The number of rotatable bonds is 4. The smallest absolute Gasteiger partial charge is 0.198 e. The fourth-order valence-electron chi connectivity index (χ4n) is 0.655. The van der Waals surface area contributed by atoms with E-state index in [0.717, 1.165) is 0 Å². The Morgan fingerprint density at radius 1 is 1.21 bits per heavy atom. The molecule has 0 aliphatic rings. The van der Waals surface area contributed by atoms with Gasteiger partial charge in [-0.1, -0.05) is 32.6 Å². The Balaban J connectivity index is 4.74. The van der Waals surface area contributed by atoms with Gasteiger partial charge in [-0.15, -0.1) is 0 Å². The zero-order chi connectivity index (χ0) is 11.6. The monoisotopic (exact) mass is 256 g/mol. The minimum atomic E-state index is -2.39. The van der Waals surface area contributed by atoms with E-state index in [1.54, 1.807) is 0 Å². The molecule has 0 spiro atoms. The summed E-state index contributed by atoms with van der Waals surface area (Å²) in [5.74, 6) is 0. The molecule has 0 rings (SSSR count). The number of hydrogen-bond acceptors (Lipinski definition) is 4. The predicted octanol–water partition coefficient (Wildman–Crippen LogP) is 2.30. The van der Waals surface area contributed by atoms with Crippen LogP contribution in [-0.2, 0) is 16.0 Å². The zero-order valence-electron chi connectivity index (χ0n) is 9.57. The van der Waals surface area contributed by atoms with Crippen molar-refractivity contribution in [2.75, 3.05) is 12.7 Å². The van der Waals surface area contributed by atoms with E-state index in [1.165, 1.54) is 0 Å². The van der Waals surface area contributed by atoms with E-state index in [-0.39, 0.29) is 17.7 Å². The second-order valence-corrected chi connectivity index (χ2v) is 14.4. The van der Waals surface area contributed by atoms with Crippen molar-refractivity contribution in [2.45, 2.75) is 38.9 Å². The first kappa shape index (κ1) is 14.7. The van der Waals surface area contributed by atoms with Gasteiger partial charge in [-0.05, 0) is 18.1 Å². The van der Waals surface area contributed by atoms with E-state index in [4.69, 9.17) is 26.2 Å². The van der Waals surface area contributed by atoms with Crippen LogP contribution in [0.3, 0.4) is 0 Å². The third-order valence-electron chi connectivity index (χ3n) is 2.63. The molecule has 0 bridgehead atoms. The molecule has 0 saturated carbocycles. The van der Waals surface area contributed by atoms with Gasteiger partial charge in [0, 0.05) is 0 Å². The van der Waals surface area contributed by atoms with Crippen LogP contribution in [0.25, 0.3) is 0 Å². The van der Waals surface area contributed by atoms with Crippen molar-refractivity contribution in [1.82, 2.24) is 0 Å². The molecule has 0 atom stereocenters. The molecule has 0 aromatic carbocycles. The Kier molecular flexibility index (Phi) is 4.97. The Hall–Kier alpha value is 0.747. The largest absolute Gasteiger partial charge is 0.389 e. The van der Waals surface area contributed by atoms with E-state index >= 15 is 0 Å². The van der Waals surface area contributed by atoms with Crippen molar-refractivity contribution in [3.8, 4) is 0 Å². The Labute approximate surface area is 92.7 Å². The first-order valence-electron chi connectivity index (χ1n) is 4.58. The van der Waals surface area contributed by atoms with Crippen molar-refractivity contribution in [3.05, 3.63) is 0 Å². The van der Waals surface area contributed by atoms with Gasteiger partial charge in [-0.25, -0.2) is 0 Å². The van der Waals surface area contributed by atoms with Gasteiger partial charge in [-0.2, -0.15) is 0 Å². The van der Waals surface area contributed by atoms with Gasteiger partial charge >= 0.3 is 0 Å². The standard InChI is InChI=1S/C8H21O3PSSi/c1-8(2,3)14(4,5)11-12(13,6-9)7-10/h9-10H,6-7H2,1-5H3. The van der Waals surface area contributed by atoms with Crippen LogP contribution >= 0.6 is 6.26 Å². The predicted molar refractivity (Wildman–Crippen MR) is 66.7 cm³/mol. The normalized spacial score (nSPS) is 14.5. The highest BCUT2D eigenvalue weighted by Crippen LogP contribution is 2.52. The third kappa shape index (κ3) is 3.72. The molecule has 86 valence electrons. The van der Waals surface area contributed by atoms with Crippen molar-refractivity contribution >= 4 is 26.4 Å².